The van der Waals surface area contributed by atoms with Crippen molar-refractivity contribution in [3.05, 3.63) is 305 Å². The summed E-state index contributed by atoms with van der Waals surface area (Å²) in [5.41, 5.74) is 28.0. The molecule has 1 atom stereocenters. The first-order valence-electron chi connectivity index (χ1n) is 26.6. The van der Waals surface area contributed by atoms with E-state index in [-0.39, 0.29) is 10.8 Å². The van der Waals surface area contributed by atoms with E-state index in [1.807, 2.05) is 0 Å². The van der Waals surface area contributed by atoms with Crippen LogP contribution in [-0.4, -0.2) is 0 Å². The molecular weight excluding hydrogens is 903 g/mol. The van der Waals surface area contributed by atoms with E-state index in [2.05, 4.69) is 293 Å². The molecule has 1 unspecified atom stereocenters. The number of hydrogen-bond donors (Lipinski definition) is 0. The summed E-state index contributed by atoms with van der Waals surface area (Å²) >= 11 is 0. The first-order valence-corrected chi connectivity index (χ1v) is 26.6. The Hall–Kier alpha value is -8.78. The number of anilines is 3. The van der Waals surface area contributed by atoms with Crippen LogP contribution in [0.4, 0.5) is 17.1 Å². The van der Waals surface area contributed by atoms with Gasteiger partial charge in [-0.1, -0.05) is 252 Å². The van der Waals surface area contributed by atoms with E-state index in [0.29, 0.717) is 0 Å². The molecule has 0 spiro atoms. The summed E-state index contributed by atoms with van der Waals surface area (Å²) in [5, 5.41) is 0. The van der Waals surface area contributed by atoms with Crippen molar-refractivity contribution in [3.63, 3.8) is 0 Å². The van der Waals surface area contributed by atoms with Crippen molar-refractivity contribution in [3.8, 4) is 66.8 Å². The molecule has 0 bridgehead atoms. The molecule has 0 saturated heterocycles. The molecule has 10 aromatic carbocycles. The molecule has 75 heavy (non-hydrogen) atoms. The van der Waals surface area contributed by atoms with Crippen molar-refractivity contribution in [1.29, 1.82) is 0 Å². The molecule has 14 rings (SSSR count). The number of nitrogens with zero attached hydrogens (tertiary/aromatic N) is 1. The zero-order valence-electron chi connectivity index (χ0n) is 43.0. The molecule has 0 radical (unpaired) electrons. The van der Waals surface area contributed by atoms with E-state index >= 15 is 0 Å². The van der Waals surface area contributed by atoms with E-state index in [1.54, 1.807) is 0 Å². The topological polar surface area (TPSA) is 3.24 Å². The smallest absolute Gasteiger partial charge is 0.0711 e. The molecule has 1 heteroatoms. The van der Waals surface area contributed by atoms with Crippen LogP contribution >= 0.6 is 0 Å². The predicted octanol–water partition coefficient (Wildman–Crippen LogP) is 19.5. The molecule has 0 N–H and O–H groups in total. The first-order chi connectivity index (χ1) is 36.7. The molecule has 0 fully saturated rings. The van der Waals surface area contributed by atoms with Crippen molar-refractivity contribution in [2.24, 2.45) is 0 Å². The van der Waals surface area contributed by atoms with Crippen molar-refractivity contribution in [2.45, 2.75) is 50.4 Å². The fourth-order valence-corrected chi connectivity index (χ4v) is 13.6. The van der Waals surface area contributed by atoms with Gasteiger partial charge in [-0.05, 0) is 149 Å². The summed E-state index contributed by atoms with van der Waals surface area (Å²) in [7, 11) is 0. The van der Waals surface area contributed by atoms with E-state index in [0.717, 1.165) is 29.0 Å². The van der Waals surface area contributed by atoms with Crippen molar-refractivity contribution in [2.75, 3.05) is 4.90 Å². The van der Waals surface area contributed by atoms with Gasteiger partial charge in [-0.3, -0.25) is 0 Å². The highest BCUT2D eigenvalue weighted by Gasteiger charge is 2.48. The highest BCUT2D eigenvalue weighted by atomic mass is 15.1. The summed E-state index contributed by atoms with van der Waals surface area (Å²) in [5.74, 6) is 0. The normalized spacial score (nSPS) is 16.7. The van der Waals surface area contributed by atoms with Gasteiger partial charge in [-0.15, -0.1) is 0 Å². The van der Waals surface area contributed by atoms with Crippen LogP contribution in [0.3, 0.4) is 0 Å². The average Bonchev–Trinajstić information content (AvgIpc) is 3.88. The zero-order valence-corrected chi connectivity index (χ0v) is 43.0. The van der Waals surface area contributed by atoms with Crippen LogP contribution in [0.2, 0.25) is 0 Å². The molecule has 1 nitrogen and oxygen atoms in total. The Morgan fingerprint density at radius 3 is 1.36 bits per heavy atom. The number of benzene rings is 10. The minimum Gasteiger partial charge on any atom is -0.310 e. The van der Waals surface area contributed by atoms with Gasteiger partial charge in [0.2, 0.25) is 0 Å². The zero-order chi connectivity index (χ0) is 50.5. The number of fused-ring (bicyclic) bond motifs is 9. The maximum absolute atomic E-state index is 2.60. The third-order valence-electron chi connectivity index (χ3n) is 17.2. The van der Waals surface area contributed by atoms with Gasteiger partial charge in [0, 0.05) is 27.8 Å². The fraction of sp³-hybridized carbons (Fsp3) is 0.108. The Morgan fingerprint density at radius 1 is 0.333 bits per heavy atom. The van der Waals surface area contributed by atoms with Crippen LogP contribution < -0.4 is 4.90 Å². The third-order valence-corrected chi connectivity index (χ3v) is 17.2. The molecule has 4 aliphatic carbocycles. The highest BCUT2D eigenvalue weighted by Crippen LogP contribution is 2.61. The van der Waals surface area contributed by atoms with E-state index in [4.69, 9.17) is 0 Å². The van der Waals surface area contributed by atoms with Crippen LogP contribution in [0.5, 0.6) is 0 Å². The maximum Gasteiger partial charge on any atom is 0.0711 e. The third kappa shape index (κ3) is 6.77. The van der Waals surface area contributed by atoms with Crippen LogP contribution in [0.1, 0.15) is 73.1 Å². The molecule has 0 amide bonds. The number of rotatable bonds is 8. The molecule has 358 valence electrons. The van der Waals surface area contributed by atoms with Crippen LogP contribution in [0.25, 0.3) is 66.8 Å². The second-order valence-electron chi connectivity index (χ2n) is 21.9. The summed E-state index contributed by atoms with van der Waals surface area (Å²) in [6, 6.07) is 87.1. The fourth-order valence-electron chi connectivity index (χ4n) is 13.6. The minimum atomic E-state index is -0.594. The summed E-state index contributed by atoms with van der Waals surface area (Å²) < 4.78 is 0. The van der Waals surface area contributed by atoms with Crippen LogP contribution in [0.15, 0.2) is 266 Å². The van der Waals surface area contributed by atoms with Gasteiger partial charge in [0.05, 0.1) is 11.1 Å². The van der Waals surface area contributed by atoms with Gasteiger partial charge < -0.3 is 4.90 Å². The molecule has 0 aromatic heterocycles. The molecule has 0 saturated carbocycles. The summed E-state index contributed by atoms with van der Waals surface area (Å²) in [6.45, 7) is 9.59. The lowest BCUT2D eigenvalue weighted by Gasteiger charge is -2.36. The van der Waals surface area contributed by atoms with Gasteiger partial charge in [0.25, 0.3) is 0 Å². The van der Waals surface area contributed by atoms with Crippen molar-refractivity contribution in [1.82, 2.24) is 0 Å². The lowest BCUT2D eigenvalue weighted by atomic mass is 9.66. The van der Waals surface area contributed by atoms with Gasteiger partial charge in [-0.2, -0.15) is 0 Å². The van der Waals surface area contributed by atoms with Gasteiger partial charge in [-0.25, -0.2) is 0 Å². The SMILES string of the molecule is CC1(C)c2ccccc2-c2ccc(N(c3ccc4c(c3)C(C)(C)c3ccccc3-4)c3cc4c(cc3-c3ccc(-c5ccccc5-c5ccccc5)cc3)-c3ccccc3C4(C3=CCC=CC=C3)c3ccccc3)cc21. The standard InChI is InChI=1S/C74H57N/c1-72(2)65-34-20-17-31-58(65)61-43-41-54(45-68(61)72)75(55-42-44-62-59-32-18-21-35-66(59)73(3,4)69(62)46-55)71-48-70-64(47-63(71)51-39-37-50(38-40-51)57-30-16-15-29-56(57)49-23-9-7-10-24-49)60-33-19-22-36-67(60)74(70,53-27-13-8-14-28-53)52-25-11-5-6-12-26-52/h5-11,13-48H,12H2,1-4H3. The van der Waals surface area contributed by atoms with E-state index < -0.39 is 5.41 Å². The van der Waals surface area contributed by atoms with Crippen LogP contribution in [0, 0.1) is 0 Å². The molecule has 0 heterocycles. The largest absolute Gasteiger partial charge is 0.310 e. The highest BCUT2D eigenvalue weighted by molar-refractivity contribution is 5.99. The lowest BCUT2D eigenvalue weighted by Crippen LogP contribution is -2.29. The number of hydrogen-bond acceptors (Lipinski definition) is 1. The van der Waals surface area contributed by atoms with Gasteiger partial charge in [0.1, 0.15) is 0 Å². The Kier molecular flexibility index (Phi) is 10.3. The summed E-state index contributed by atoms with van der Waals surface area (Å²) in [4.78, 5) is 2.60. The van der Waals surface area contributed by atoms with Crippen molar-refractivity contribution < 1.29 is 0 Å². The first kappa shape index (κ1) is 44.9. The van der Waals surface area contributed by atoms with Crippen molar-refractivity contribution >= 4 is 17.1 Å². The molecule has 10 aromatic rings. The molecule has 0 aliphatic heterocycles. The Balaban J connectivity index is 1.07. The predicted molar refractivity (Wildman–Crippen MR) is 315 cm³/mol. The second-order valence-corrected chi connectivity index (χ2v) is 21.9. The van der Waals surface area contributed by atoms with E-state index in [1.165, 1.54) is 106 Å². The van der Waals surface area contributed by atoms with Crippen LogP contribution in [-0.2, 0) is 16.2 Å². The molecular formula is C74H57N. The monoisotopic (exact) mass is 959 g/mol. The second kappa shape index (κ2) is 17.2. The maximum atomic E-state index is 2.60. The van der Waals surface area contributed by atoms with Gasteiger partial charge >= 0.3 is 0 Å². The Bertz CT molecular complexity index is 3910. The average molecular weight is 960 g/mol. The Morgan fingerprint density at radius 2 is 0.787 bits per heavy atom. The van der Waals surface area contributed by atoms with E-state index in [9.17, 15) is 0 Å². The Labute approximate surface area is 442 Å². The summed E-state index contributed by atoms with van der Waals surface area (Å²) in [6.07, 6.45) is 12.4. The lowest BCUT2D eigenvalue weighted by molar-refractivity contribution is 0.660. The molecule has 4 aliphatic rings. The van der Waals surface area contributed by atoms with Gasteiger partial charge in [0.15, 0.2) is 0 Å². The minimum absolute atomic E-state index is 0.196. The quantitative estimate of drug-likeness (QED) is 0.147. The number of allylic oxidation sites excluding steroid dienone is 6.